The number of thioether (sulfide) groups is 2. The predicted molar refractivity (Wildman–Crippen MR) is 105 cm³/mol. The Hall–Kier alpha value is -1.14. The number of fused-ring (bicyclic) bond motifs is 10. The third kappa shape index (κ3) is 1.79. The van der Waals surface area contributed by atoms with Gasteiger partial charge in [-0.2, -0.15) is 0 Å². The van der Waals surface area contributed by atoms with Crippen molar-refractivity contribution in [3.63, 3.8) is 0 Å². The quantitative estimate of drug-likeness (QED) is 0.606. The molecule has 0 N–H and O–H groups in total. The van der Waals surface area contributed by atoms with Crippen LogP contribution in [0.1, 0.15) is 38.5 Å². The van der Waals surface area contributed by atoms with E-state index in [1.165, 1.54) is 23.5 Å². The fourth-order valence-electron chi connectivity index (χ4n) is 7.74. The van der Waals surface area contributed by atoms with E-state index in [1.807, 2.05) is 0 Å². The Morgan fingerprint density at radius 2 is 0.714 bits per heavy atom. The van der Waals surface area contributed by atoms with E-state index in [1.54, 1.807) is 0 Å². The van der Waals surface area contributed by atoms with Crippen LogP contribution in [0.2, 0.25) is 0 Å². The van der Waals surface area contributed by atoms with Gasteiger partial charge < -0.3 is 0 Å². The van der Waals surface area contributed by atoms with Gasteiger partial charge in [0.2, 0.25) is 0 Å². The summed E-state index contributed by atoms with van der Waals surface area (Å²) in [6.45, 7) is 0. The Labute approximate surface area is 171 Å². The lowest BCUT2D eigenvalue weighted by Gasteiger charge is -2.40. The second kappa shape index (κ2) is 5.31. The topological polar surface area (TPSA) is 68.3 Å². The van der Waals surface area contributed by atoms with Crippen LogP contribution < -0.4 is 0 Å². The van der Waals surface area contributed by atoms with Crippen molar-refractivity contribution >= 4 is 46.7 Å². The maximum Gasteiger partial charge on any atom is 0.174 e. The highest BCUT2D eigenvalue weighted by Gasteiger charge is 2.62. The minimum Gasteiger partial charge on any atom is -0.293 e. The molecule has 6 aliphatic carbocycles. The Bertz CT molecular complexity index is 825. The molecule has 0 radical (unpaired) electrons. The highest BCUT2D eigenvalue weighted by atomic mass is 32.2. The van der Waals surface area contributed by atoms with Crippen LogP contribution in [0.15, 0.2) is 19.6 Å². The average Bonchev–Trinajstić information content (AvgIpc) is 3.48. The fourth-order valence-corrected chi connectivity index (χ4v) is 10.4. The summed E-state index contributed by atoms with van der Waals surface area (Å²) < 4.78 is 0. The van der Waals surface area contributed by atoms with Crippen molar-refractivity contribution in [3.8, 4) is 0 Å². The number of Topliss-reactive ketones (excluding diaryl/α,β-unsaturated/α-hetero) is 4. The smallest absolute Gasteiger partial charge is 0.174 e. The van der Waals surface area contributed by atoms with Crippen LogP contribution >= 0.6 is 23.5 Å². The van der Waals surface area contributed by atoms with E-state index in [-0.39, 0.29) is 46.8 Å². The van der Waals surface area contributed by atoms with Gasteiger partial charge in [0.15, 0.2) is 23.1 Å². The molecule has 0 aromatic rings. The molecule has 8 unspecified atom stereocenters. The van der Waals surface area contributed by atoms with E-state index in [0.29, 0.717) is 43.3 Å². The number of carbonyl (C=O) groups is 4. The van der Waals surface area contributed by atoms with Crippen LogP contribution in [0.5, 0.6) is 0 Å². The maximum atomic E-state index is 13.3. The summed E-state index contributed by atoms with van der Waals surface area (Å²) in [7, 11) is 0. The van der Waals surface area contributed by atoms with Crippen LogP contribution in [0.3, 0.4) is 0 Å². The number of allylic oxidation sites excluding steroid dienone is 4. The van der Waals surface area contributed by atoms with Crippen molar-refractivity contribution in [2.24, 2.45) is 47.3 Å². The summed E-state index contributed by atoms with van der Waals surface area (Å²) in [5.41, 5.74) is 0. The summed E-state index contributed by atoms with van der Waals surface area (Å²) in [6, 6.07) is 0. The summed E-state index contributed by atoms with van der Waals surface area (Å²) in [5.74, 6) is 0.930. The molecule has 0 amide bonds. The predicted octanol–water partition coefficient (Wildman–Crippen LogP) is 3.52. The molecule has 28 heavy (non-hydrogen) atoms. The summed E-state index contributed by atoms with van der Waals surface area (Å²) in [5, 5.41) is 0. The summed E-state index contributed by atoms with van der Waals surface area (Å²) in [6.07, 6.45) is 6.16. The van der Waals surface area contributed by atoms with Gasteiger partial charge in [0.25, 0.3) is 0 Å². The Morgan fingerprint density at radius 1 is 0.464 bits per heavy atom. The first-order chi connectivity index (χ1) is 13.5. The zero-order valence-electron chi connectivity index (χ0n) is 15.3. The standard InChI is InChI=1S/C22H20O4S2/c23-15-11-7-1-2-8(5-7)12(11)16(24)20-19(15)27-21-17(25)13-9-3-4-10(6-9)14(13)18(26)22(21)28-20/h7-14H,1-6H2. The van der Waals surface area contributed by atoms with Crippen LogP contribution in [0.25, 0.3) is 0 Å². The average molecular weight is 413 g/mol. The van der Waals surface area contributed by atoms with E-state index in [4.69, 9.17) is 0 Å². The molecule has 4 saturated carbocycles. The molecule has 8 atom stereocenters. The van der Waals surface area contributed by atoms with Gasteiger partial charge in [-0.1, -0.05) is 23.5 Å². The van der Waals surface area contributed by atoms with Crippen molar-refractivity contribution < 1.29 is 19.2 Å². The first-order valence-electron chi connectivity index (χ1n) is 10.6. The first-order valence-corrected chi connectivity index (χ1v) is 12.2. The third-order valence-electron chi connectivity index (χ3n) is 8.76. The lowest BCUT2D eigenvalue weighted by molar-refractivity contribution is -0.132. The molecule has 4 fully saturated rings. The van der Waals surface area contributed by atoms with Gasteiger partial charge >= 0.3 is 0 Å². The number of carbonyl (C=O) groups excluding carboxylic acids is 4. The molecule has 1 heterocycles. The summed E-state index contributed by atoms with van der Waals surface area (Å²) >= 11 is 2.35. The molecule has 6 heteroatoms. The lowest BCUT2D eigenvalue weighted by atomic mass is 9.71. The highest BCUT2D eigenvalue weighted by molar-refractivity contribution is 8.15. The number of hydrogen-bond donors (Lipinski definition) is 0. The first kappa shape index (κ1) is 16.6. The van der Waals surface area contributed by atoms with Crippen LogP contribution in [-0.4, -0.2) is 23.1 Å². The SMILES string of the molecule is O=C1C2=C(SC3=C(S2)C(=O)C2C4CCC(C4)C2C3=O)C(=O)C2C3CCC(C3)C12. The van der Waals surface area contributed by atoms with Gasteiger partial charge in [-0.05, 0) is 62.2 Å². The second-order valence-electron chi connectivity index (χ2n) is 9.75. The Balaban J connectivity index is 1.31. The molecule has 0 saturated heterocycles. The van der Waals surface area contributed by atoms with Gasteiger partial charge in [-0.25, -0.2) is 0 Å². The molecule has 4 bridgehead atoms. The summed E-state index contributed by atoms with van der Waals surface area (Å²) in [4.78, 5) is 55.2. The van der Waals surface area contributed by atoms with Gasteiger partial charge in [0, 0.05) is 23.7 Å². The van der Waals surface area contributed by atoms with Crippen LogP contribution in [0, 0.1) is 47.3 Å². The van der Waals surface area contributed by atoms with Gasteiger partial charge in [0.05, 0.1) is 19.6 Å². The molecular formula is C22H20O4S2. The van der Waals surface area contributed by atoms with Gasteiger partial charge in [-0.15, -0.1) is 0 Å². The van der Waals surface area contributed by atoms with E-state index >= 15 is 0 Å². The monoisotopic (exact) mass is 412 g/mol. The largest absolute Gasteiger partial charge is 0.293 e. The molecule has 0 aromatic heterocycles. The third-order valence-corrected chi connectivity index (χ3v) is 11.5. The lowest BCUT2D eigenvalue weighted by Crippen LogP contribution is -2.44. The van der Waals surface area contributed by atoms with Crippen molar-refractivity contribution in [1.29, 1.82) is 0 Å². The minimum atomic E-state index is -0.176. The Morgan fingerprint density at radius 3 is 0.964 bits per heavy atom. The van der Waals surface area contributed by atoms with Crippen molar-refractivity contribution in [2.75, 3.05) is 0 Å². The molecule has 7 aliphatic rings. The molecular weight excluding hydrogens is 392 g/mol. The van der Waals surface area contributed by atoms with E-state index in [2.05, 4.69) is 0 Å². The zero-order chi connectivity index (χ0) is 18.9. The molecule has 144 valence electrons. The van der Waals surface area contributed by atoms with Crippen molar-refractivity contribution in [2.45, 2.75) is 38.5 Å². The highest BCUT2D eigenvalue weighted by Crippen LogP contribution is 2.64. The van der Waals surface area contributed by atoms with Crippen LogP contribution in [0.4, 0.5) is 0 Å². The molecule has 1 aliphatic heterocycles. The van der Waals surface area contributed by atoms with Gasteiger partial charge in [-0.3, -0.25) is 19.2 Å². The van der Waals surface area contributed by atoms with E-state index in [9.17, 15) is 19.2 Å². The van der Waals surface area contributed by atoms with Gasteiger partial charge in [0.1, 0.15) is 0 Å². The fraction of sp³-hybridized carbons (Fsp3) is 0.636. The van der Waals surface area contributed by atoms with E-state index in [0.717, 1.165) is 38.5 Å². The molecule has 7 rings (SSSR count). The van der Waals surface area contributed by atoms with Crippen molar-refractivity contribution in [1.82, 2.24) is 0 Å². The molecule has 4 nitrogen and oxygen atoms in total. The zero-order valence-corrected chi connectivity index (χ0v) is 16.9. The second-order valence-corrected chi connectivity index (χ2v) is 11.8. The molecule has 0 spiro atoms. The number of ketones is 4. The minimum absolute atomic E-state index is 0.0752. The number of hydrogen-bond acceptors (Lipinski definition) is 6. The normalized spacial score (nSPS) is 48.3. The van der Waals surface area contributed by atoms with Crippen molar-refractivity contribution in [3.05, 3.63) is 19.6 Å². The maximum absolute atomic E-state index is 13.3. The van der Waals surface area contributed by atoms with Crippen LogP contribution in [-0.2, 0) is 19.2 Å². The molecule has 0 aromatic carbocycles. The Kier molecular flexibility index (Phi) is 3.15. The number of rotatable bonds is 0. The van der Waals surface area contributed by atoms with E-state index < -0.39 is 0 Å².